The fraction of sp³-hybridized carbons (Fsp3) is 0.828. The number of nitrogens with zero attached hydrogens (tertiary/aromatic N) is 4. The second kappa shape index (κ2) is 18.1. The van der Waals surface area contributed by atoms with Gasteiger partial charge >= 0.3 is 23.9 Å². The summed E-state index contributed by atoms with van der Waals surface area (Å²) < 4.78 is 0. The number of carboxylic acid groups (broad SMARTS) is 3. The van der Waals surface area contributed by atoms with Gasteiger partial charge in [0.2, 0.25) is 0 Å². The molecule has 0 aromatic carbocycles. The van der Waals surface area contributed by atoms with E-state index in [9.17, 15) is 39.3 Å². The Balaban J connectivity index is 2.86. The van der Waals surface area contributed by atoms with Crippen LogP contribution >= 0.6 is 0 Å². The number of hydrogen-bond donors (Lipinski definition) is 5. The highest BCUT2D eigenvalue weighted by Gasteiger charge is 2.31. The molecule has 1 fully saturated rings. The van der Waals surface area contributed by atoms with Crippen molar-refractivity contribution in [3.8, 4) is 0 Å². The quantitative estimate of drug-likeness (QED) is 0.184. The van der Waals surface area contributed by atoms with E-state index in [0.717, 1.165) is 6.42 Å². The van der Waals surface area contributed by atoms with Crippen LogP contribution in [0, 0.1) is 5.41 Å². The molecule has 0 spiro atoms. The highest BCUT2D eigenvalue weighted by molar-refractivity contribution is 5.88. The molecule has 0 radical (unpaired) electrons. The van der Waals surface area contributed by atoms with Gasteiger partial charge in [0, 0.05) is 69.9 Å². The van der Waals surface area contributed by atoms with E-state index in [1.54, 1.807) is 19.6 Å². The molecule has 0 saturated carbocycles. The monoisotopic (exact) mass is 614 g/mol. The number of rotatable bonds is 13. The van der Waals surface area contributed by atoms with Crippen molar-refractivity contribution in [1.82, 2.24) is 30.2 Å². The lowest BCUT2D eigenvalue weighted by molar-refractivity contribution is -0.140. The van der Waals surface area contributed by atoms with Crippen LogP contribution in [-0.4, -0.2) is 155 Å². The van der Waals surface area contributed by atoms with Gasteiger partial charge in [-0.15, -0.1) is 0 Å². The number of amides is 2. The zero-order valence-corrected chi connectivity index (χ0v) is 26.9. The summed E-state index contributed by atoms with van der Waals surface area (Å²) in [5.41, 5.74) is -0.700. The molecule has 248 valence electrons. The summed E-state index contributed by atoms with van der Waals surface area (Å²) in [5.74, 6) is -2.92. The fourth-order valence-electron chi connectivity index (χ4n) is 4.88. The molecule has 14 heteroatoms. The highest BCUT2D eigenvalue weighted by atomic mass is 16.4. The van der Waals surface area contributed by atoms with Crippen molar-refractivity contribution in [3.05, 3.63) is 0 Å². The molecule has 14 nitrogen and oxygen atoms in total. The van der Waals surface area contributed by atoms with Gasteiger partial charge in [-0.05, 0) is 40.0 Å². The average Bonchev–Trinajstić information content (AvgIpc) is 2.85. The molecule has 0 aliphatic carbocycles. The number of nitrogens with one attached hydrogen (secondary N) is 2. The van der Waals surface area contributed by atoms with Gasteiger partial charge in [0.25, 0.3) is 0 Å². The SMILES string of the molecule is CC(C)(C)NC(CCCCNC(=O)N1CCN(CC(=O)O)CCN(CC(=O)O)CCN(CC(=O)O)CC1)C(=O)C(C)(C)C. The normalized spacial score (nSPS) is 17.9. The number of carbonyl (C=O) groups excluding carboxylic acids is 2. The van der Waals surface area contributed by atoms with E-state index in [-0.39, 0.29) is 95.4 Å². The van der Waals surface area contributed by atoms with Crippen molar-refractivity contribution in [1.29, 1.82) is 0 Å². The van der Waals surface area contributed by atoms with E-state index in [1.165, 1.54) is 0 Å². The summed E-state index contributed by atoms with van der Waals surface area (Å²) in [4.78, 5) is 67.0. The third kappa shape index (κ3) is 17.2. The van der Waals surface area contributed by atoms with Gasteiger partial charge in [-0.1, -0.05) is 20.8 Å². The first-order valence-electron chi connectivity index (χ1n) is 15.0. The molecule has 0 aromatic rings. The fourth-order valence-corrected chi connectivity index (χ4v) is 4.88. The molecular weight excluding hydrogens is 560 g/mol. The number of unbranched alkanes of at least 4 members (excludes halogenated alkanes) is 1. The van der Waals surface area contributed by atoms with Gasteiger partial charge in [-0.25, -0.2) is 4.79 Å². The smallest absolute Gasteiger partial charge is 0.317 e. The lowest BCUT2D eigenvalue weighted by Gasteiger charge is -2.33. The standard InChI is InChI=1S/C29H54N6O8/c1-28(2,3)26(42)22(31-29(4,5)6)9-7-8-10-30-27(43)35-17-15-33(20-24(38)39)13-11-32(19-23(36)37)12-14-34(16-18-35)21-25(40)41/h22,31H,7-21H2,1-6H3,(H,30,43)(H,36,37)(H,38,39)(H,40,41). The Labute approximate surface area is 255 Å². The van der Waals surface area contributed by atoms with Crippen molar-refractivity contribution in [2.24, 2.45) is 5.41 Å². The molecule has 1 rings (SSSR count). The van der Waals surface area contributed by atoms with Crippen LogP contribution in [0.1, 0.15) is 60.8 Å². The zero-order valence-electron chi connectivity index (χ0n) is 26.9. The Bertz CT molecular complexity index is 901. The van der Waals surface area contributed by atoms with E-state index in [1.807, 2.05) is 41.5 Å². The first kappa shape index (κ1) is 38.2. The lowest BCUT2D eigenvalue weighted by atomic mass is 9.84. The predicted molar refractivity (Wildman–Crippen MR) is 162 cm³/mol. The molecular formula is C29H54N6O8. The van der Waals surface area contributed by atoms with Crippen LogP contribution in [0.25, 0.3) is 0 Å². The molecule has 1 heterocycles. The number of carboxylic acids is 3. The van der Waals surface area contributed by atoms with E-state index < -0.39 is 23.3 Å². The Morgan fingerprint density at radius 2 is 1.05 bits per heavy atom. The predicted octanol–water partition coefficient (Wildman–Crippen LogP) is 0.714. The Hall–Kier alpha value is -2.81. The summed E-state index contributed by atoms with van der Waals surface area (Å²) >= 11 is 0. The summed E-state index contributed by atoms with van der Waals surface area (Å²) in [5, 5.41) is 34.4. The van der Waals surface area contributed by atoms with E-state index >= 15 is 0 Å². The van der Waals surface area contributed by atoms with Crippen LogP contribution in [0.3, 0.4) is 0 Å². The molecule has 1 aliphatic heterocycles. The van der Waals surface area contributed by atoms with Gasteiger partial charge in [-0.3, -0.25) is 33.9 Å². The first-order valence-corrected chi connectivity index (χ1v) is 15.0. The maximum atomic E-state index is 13.2. The van der Waals surface area contributed by atoms with E-state index in [2.05, 4.69) is 10.6 Å². The second-order valence-corrected chi connectivity index (χ2v) is 13.3. The number of urea groups is 1. The lowest BCUT2D eigenvalue weighted by Crippen LogP contribution is -2.51. The molecule has 0 aromatic heterocycles. The van der Waals surface area contributed by atoms with Crippen LogP contribution in [-0.2, 0) is 19.2 Å². The number of ketones is 1. The van der Waals surface area contributed by atoms with Crippen LogP contribution in [0.2, 0.25) is 0 Å². The van der Waals surface area contributed by atoms with Gasteiger partial charge in [-0.2, -0.15) is 0 Å². The molecule has 2 amide bonds. The summed E-state index contributed by atoms with van der Waals surface area (Å²) in [6.45, 7) is 13.5. The summed E-state index contributed by atoms with van der Waals surface area (Å²) in [7, 11) is 0. The minimum absolute atomic E-state index is 0.147. The van der Waals surface area contributed by atoms with Crippen molar-refractivity contribution >= 4 is 29.7 Å². The van der Waals surface area contributed by atoms with Crippen molar-refractivity contribution in [3.63, 3.8) is 0 Å². The second-order valence-electron chi connectivity index (χ2n) is 13.3. The molecule has 1 atom stereocenters. The molecule has 43 heavy (non-hydrogen) atoms. The number of Topliss-reactive ketones (excluding diaryl/α,β-unsaturated/α-hetero) is 1. The van der Waals surface area contributed by atoms with Crippen LogP contribution < -0.4 is 10.6 Å². The maximum Gasteiger partial charge on any atom is 0.317 e. The minimum atomic E-state index is -1.02. The molecule has 5 N–H and O–H groups in total. The van der Waals surface area contributed by atoms with Crippen LogP contribution in [0.4, 0.5) is 4.79 Å². The van der Waals surface area contributed by atoms with Gasteiger partial charge in [0.15, 0.2) is 5.78 Å². The topological polar surface area (TPSA) is 183 Å². The third-order valence-corrected chi connectivity index (χ3v) is 7.06. The third-order valence-electron chi connectivity index (χ3n) is 7.06. The van der Waals surface area contributed by atoms with Gasteiger partial charge in [0.1, 0.15) is 0 Å². The highest BCUT2D eigenvalue weighted by Crippen LogP contribution is 2.21. The summed E-state index contributed by atoms with van der Waals surface area (Å²) in [6.07, 6.45) is 2.02. The number of aliphatic carboxylic acids is 3. The zero-order chi connectivity index (χ0) is 32.8. The summed E-state index contributed by atoms with van der Waals surface area (Å²) in [6, 6.07) is -0.622. The Morgan fingerprint density at radius 3 is 1.40 bits per heavy atom. The van der Waals surface area contributed by atoms with Crippen LogP contribution in [0.5, 0.6) is 0 Å². The maximum absolute atomic E-state index is 13.2. The first-order chi connectivity index (χ1) is 19.9. The molecule has 0 bridgehead atoms. The number of carbonyl (C=O) groups is 5. The van der Waals surface area contributed by atoms with E-state index in [4.69, 9.17) is 0 Å². The average molecular weight is 615 g/mol. The molecule has 1 saturated heterocycles. The van der Waals surface area contributed by atoms with Crippen LogP contribution in [0.15, 0.2) is 0 Å². The molecule has 1 unspecified atom stereocenters. The van der Waals surface area contributed by atoms with E-state index in [0.29, 0.717) is 19.4 Å². The minimum Gasteiger partial charge on any atom is -0.480 e. The number of hydrogen-bond acceptors (Lipinski definition) is 9. The van der Waals surface area contributed by atoms with Gasteiger partial charge in [0.05, 0.1) is 25.7 Å². The van der Waals surface area contributed by atoms with Crippen molar-refractivity contribution < 1.29 is 39.3 Å². The van der Waals surface area contributed by atoms with Crippen molar-refractivity contribution in [2.45, 2.75) is 72.4 Å². The largest absolute Gasteiger partial charge is 0.480 e. The Morgan fingerprint density at radius 1 is 0.651 bits per heavy atom. The van der Waals surface area contributed by atoms with Gasteiger partial charge < -0.3 is 30.9 Å². The molecule has 1 aliphatic rings. The Kier molecular flexibility index (Phi) is 16.1. The van der Waals surface area contributed by atoms with Crippen molar-refractivity contribution in [2.75, 3.05) is 78.5 Å².